The summed E-state index contributed by atoms with van der Waals surface area (Å²) in [6.45, 7) is 3.96. The highest BCUT2D eigenvalue weighted by Gasteiger charge is 2.56. The summed E-state index contributed by atoms with van der Waals surface area (Å²) in [5.41, 5.74) is 6.85. The lowest BCUT2D eigenvalue weighted by Gasteiger charge is -2.42. The van der Waals surface area contributed by atoms with Gasteiger partial charge in [-0.05, 0) is 121 Å². The molecule has 3 fully saturated rings. The van der Waals surface area contributed by atoms with Gasteiger partial charge in [0, 0.05) is 5.41 Å². The first kappa shape index (κ1) is 23.5. The van der Waals surface area contributed by atoms with Crippen LogP contribution in [0, 0.1) is 25.7 Å². The fourth-order valence-electron chi connectivity index (χ4n) is 8.03. The lowest BCUT2D eigenvalue weighted by atomic mass is 9.61. The maximum Gasteiger partial charge on any atom is 0.119 e. The molecule has 3 atom stereocenters. The number of phenols is 3. The van der Waals surface area contributed by atoms with Gasteiger partial charge in [0.05, 0.1) is 0 Å². The molecule has 6 rings (SSSR count). The van der Waals surface area contributed by atoms with Crippen molar-refractivity contribution in [3.05, 3.63) is 88.0 Å². The van der Waals surface area contributed by atoms with E-state index in [1.807, 2.05) is 32.0 Å². The van der Waals surface area contributed by atoms with Crippen molar-refractivity contribution in [3.8, 4) is 17.2 Å². The van der Waals surface area contributed by atoms with E-state index in [0.717, 1.165) is 24.0 Å². The molecule has 0 aromatic heterocycles. The predicted molar refractivity (Wildman–Crippen MR) is 144 cm³/mol. The summed E-state index contributed by atoms with van der Waals surface area (Å²) in [6.07, 6.45) is 9.61. The first-order valence-electron chi connectivity index (χ1n) is 13.8. The molecule has 0 aliphatic heterocycles. The van der Waals surface area contributed by atoms with Gasteiger partial charge in [-0.3, -0.25) is 0 Å². The Balaban J connectivity index is 1.37. The standard InChI is InChI=1S/C33H38O3/c1-20-14-25(9-12-30(20)34)33(26-10-13-31(35)21(2)15-26)19-24-16-27(33)18-28(24)23-8-11-32(36)29(17-23)22-6-4-3-5-7-22/h8-15,17,22,24,27-28,34-36H,3-7,16,18-19H2,1-2H3. The molecule has 3 heteroatoms. The quantitative estimate of drug-likeness (QED) is 0.353. The van der Waals surface area contributed by atoms with Crippen LogP contribution in [-0.2, 0) is 5.41 Å². The molecule has 36 heavy (non-hydrogen) atoms. The molecule has 3 nitrogen and oxygen atoms in total. The molecular formula is C33H38O3. The maximum absolute atomic E-state index is 10.7. The van der Waals surface area contributed by atoms with Gasteiger partial charge in [-0.2, -0.15) is 0 Å². The van der Waals surface area contributed by atoms with Gasteiger partial charge >= 0.3 is 0 Å². The minimum absolute atomic E-state index is 0.110. The molecule has 3 aliphatic rings. The van der Waals surface area contributed by atoms with Gasteiger partial charge in [0.2, 0.25) is 0 Å². The van der Waals surface area contributed by atoms with E-state index in [4.69, 9.17) is 0 Å². The second kappa shape index (κ2) is 8.87. The average molecular weight is 483 g/mol. The minimum atomic E-state index is -0.110. The molecule has 3 aliphatic carbocycles. The third-order valence-electron chi connectivity index (χ3n) is 9.92. The van der Waals surface area contributed by atoms with Crippen molar-refractivity contribution in [1.29, 1.82) is 0 Å². The van der Waals surface area contributed by atoms with Crippen molar-refractivity contribution < 1.29 is 15.3 Å². The van der Waals surface area contributed by atoms with Gasteiger partial charge in [0.15, 0.2) is 0 Å². The molecule has 188 valence electrons. The van der Waals surface area contributed by atoms with Crippen LogP contribution in [0.3, 0.4) is 0 Å². The average Bonchev–Trinajstić information content (AvgIpc) is 3.48. The topological polar surface area (TPSA) is 60.7 Å². The van der Waals surface area contributed by atoms with Gasteiger partial charge < -0.3 is 15.3 Å². The SMILES string of the molecule is Cc1cc(C2(c3ccc(O)c(C)c3)CC3CC2CC3c2ccc(O)c(C3CCCCC3)c2)ccc1O. The minimum Gasteiger partial charge on any atom is -0.508 e. The van der Waals surface area contributed by atoms with Gasteiger partial charge in [0.1, 0.15) is 17.2 Å². The summed E-state index contributed by atoms with van der Waals surface area (Å²) in [4.78, 5) is 0. The number of benzene rings is 3. The summed E-state index contributed by atoms with van der Waals surface area (Å²) in [6, 6.07) is 18.7. The molecular weight excluding hydrogens is 444 g/mol. The van der Waals surface area contributed by atoms with E-state index >= 15 is 0 Å². The Morgan fingerprint density at radius 3 is 1.86 bits per heavy atom. The van der Waals surface area contributed by atoms with E-state index in [1.165, 1.54) is 60.8 Å². The zero-order valence-electron chi connectivity index (χ0n) is 21.5. The van der Waals surface area contributed by atoms with Crippen LogP contribution in [0.4, 0.5) is 0 Å². The largest absolute Gasteiger partial charge is 0.508 e. The molecule has 0 amide bonds. The Morgan fingerprint density at radius 1 is 0.694 bits per heavy atom. The molecule has 3 saturated carbocycles. The number of hydrogen-bond acceptors (Lipinski definition) is 3. The summed E-state index contributed by atoms with van der Waals surface area (Å²) in [5.74, 6) is 3.24. The Morgan fingerprint density at radius 2 is 1.31 bits per heavy atom. The van der Waals surface area contributed by atoms with Crippen LogP contribution in [0.25, 0.3) is 0 Å². The molecule has 3 unspecified atom stereocenters. The van der Waals surface area contributed by atoms with Crippen molar-refractivity contribution in [2.24, 2.45) is 11.8 Å². The van der Waals surface area contributed by atoms with E-state index in [0.29, 0.717) is 40.9 Å². The van der Waals surface area contributed by atoms with Crippen LogP contribution in [0.5, 0.6) is 17.2 Å². The third-order valence-corrected chi connectivity index (χ3v) is 9.92. The third kappa shape index (κ3) is 3.70. The second-order valence-corrected chi connectivity index (χ2v) is 11.9. The molecule has 2 bridgehead atoms. The Bertz CT molecular complexity index is 1230. The van der Waals surface area contributed by atoms with Crippen molar-refractivity contribution in [2.75, 3.05) is 0 Å². The highest BCUT2D eigenvalue weighted by atomic mass is 16.3. The smallest absolute Gasteiger partial charge is 0.119 e. The van der Waals surface area contributed by atoms with E-state index < -0.39 is 0 Å². The van der Waals surface area contributed by atoms with Crippen molar-refractivity contribution >= 4 is 0 Å². The van der Waals surface area contributed by atoms with Gasteiger partial charge in [-0.1, -0.05) is 55.7 Å². The second-order valence-electron chi connectivity index (χ2n) is 11.9. The first-order chi connectivity index (χ1) is 17.4. The van der Waals surface area contributed by atoms with E-state index in [2.05, 4.69) is 36.4 Å². The number of aromatic hydroxyl groups is 3. The fourth-order valence-corrected chi connectivity index (χ4v) is 8.03. The van der Waals surface area contributed by atoms with Crippen LogP contribution in [0.1, 0.15) is 96.6 Å². The highest BCUT2D eigenvalue weighted by Crippen LogP contribution is 2.65. The van der Waals surface area contributed by atoms with E-state index in [1.54, 1.807) is 0 Å². The summed E-state index contributed by atoms with van der Waals surface area (Å²) in [5, 5.41) is 31.2. The van der Waals surface area contributed by atoms with Gasteiger partial charge in [0.25, 0.3) is 0 Å². The maximum atomic E-state index is 10.7. The van der Waals surface area contributed by atoms with Crippen LogP contribution < -0.4 is 0 Å². The van der Waals surface area contributed by atoms with Crippen molar-refractivity contribution in [3.63, 3.8) is 0 Å². The Kier molecular flexibility index (Phi) is 5.78. The lowest BCUT2D eigenvalue weighted by Crippen LogP contribution is -2.36. The summed E-state index contributed by atoms with van der Waals surface area (Å²) in [7, 11) is 0. The van der Waals surface area contributed by atoms with Crippen molar-refractivity contribution in [2.45, 2.75) is 82.5 Å². The van der Waals surface area contributed by atoms with Crippen LogP contribution in [0.2, 0.25) is 0 Å². The summed E-state index contributed by atoms with van der Waals surface area (Å²) < 4.78 is 0. The van der Waals surface area contributed by atoms with Crippen LogP contribution >= 0.6 is 0 Å². The van der Waals surface area contributed by atoms with Gasteiger partial charge in [-0.25, -0.2) is 0 Å². The predicted octanol–water partition coefficient (Wildman–Crippen LogP) is 7.97. The molecule has 0 spiro atoms. The Labute approximate surface area is 214 Å². The number of hydrogen-bond donors (Lipinski definition) is 3. The monoisotopic (exact) mass is 482 g/mol. The molecule has 0 heterocycles. The number of aryl methyl sites for hydroxylation is 2. The lowest BCUT2D eigenvalue weighted by molar-refractivity contribution is 0.292. The molecule has 3 aromatic rings. The van der Waals surface area contributed by atoms with E-state index in [9.17, 15) is 15.3 Å². The van der Waals surface area contributed by atoms with E-state index in [-0.39, 0.29) is 5.41 Å². The van der Waals surface area contributed by atoms with Crippen LogP contribution in [0.15, 0.2) is 54.6 Å². The Hall–Kier alpha value is -2.94. The first-order valence-corrected chi connectivity index (χ1v) is 13.8. The molecule has 0 saturated heterocycles. The normalized spacial score (nSPS) is 25.3. The molecule has 3 aromatic carbocycles. The molecule has 0 radical (unpaired) electrons. The number of rotatable bonds is 4. The zero-order valence-corrected chi connectivity index (χ0v) is 21.5. The van der Waals surface area contributed by atoms with Gasteiger partial charge in [-0.15, -0.1) is 0 Å². The van der Waals surface area contributed by atoms with Crippen LogP contribution in [-0.4, -0.2) is 15.3 Å². The molecule has 3 N–H and O–H groups in total. The number of phenolic OH excluding ortho intramolecular Hbond substituents is 3. The number of fused-ring (bicyclic) bond motifs is 2. The van der Waals surface area contributed by atoms with Crippen molar-refractivity contribution in [1.82, 2.24) is 0 Å². The zero-order chi connectivity index (χ0) is 25.0. The summed E-state index contributed by atoms with van der Waals surface area (Å²) >= 11 is 0. The highest BCUT2D eigenvalue weighted by molar-refractivity contribution is 5.51. The fraction of sp³-hybridized carbons (Fsp3) is 0.455.